The number of hydrogen-bond acceptors (Lipinski definition) is 4. The van der Waals surface area contributed by atoms with Gasteiger partial charge in [-0.2, -0.15) is 5.10 Å². The zero-order chi connectivity index (χ0) is 16.5. The topological polar surface area (TPSA) is 85.8 Å². The third-order valence-corrected chi connectivity index (χ3v) is 5.42. The molecule has 3 N–H and O–H groups in total. The predicted octanol–water partition coefficient (Wildman–Crippen LogP) is 2.75. The fourth-order valence-electron chi connectivity index (χ4n) is 4.35. The molecule has 2 fully saturated rings. The predicted molar refractivity (Wildman–Crippen MR) is 105 cm³/mol. The highest BCUT2D eigenvalue weighted by atomic mass is 35.5. The molecule has 2 aliphatic rings. The third-order valence-electron chi connectivity index (χ3n) is 5.42. The molecular weight excluding hydrogens is 373 g/mol. The maximum absolute atomic E-state index is 12.7. The first-order valence-electron chi connectivity index (χ1n) is 8.73. The number of pyridine rings is 1. The molecule has 0 radical (unpaired) electrons. The molecule has 6 nitrogen and oxygen atoms in total. The van der Waals surface area contributed by atoms with Crippen molar-refractivity contribution in [3.63, 3.8) is 0 Å². The molecule has 2 atom stereocenters. The highest BCUT2D eigenvalue weighted by Gasteiger charge is 2.39. The van der Waals surface area contributed by atoms with Gasteiger partial charge in [0.1, 0.15) is 0 Å². The number of hydrogen-bond donors (Lipinski definition) is 2. The first kappa shape index (κ1) is 20.7. The Balaban J connectivity index is 0.00000121. The second kappa shape index (κ2) is 8.84. The standard InChI is InChI=1S/C18H23N5O.2ClH/c19-15-9-12-3-1-4-13(10-15)17(12)22-18(24)14-5-7-20-16(11-14)23-8-2-6-21-23;;/h2,5-8,11-13,15,17H,1,3-4,9-10,19H2,(H,22,24);2*1H. The molecule has 8 heteroatoms. The number of nitrogens with zero attached hydrogens (tertiary/aromatic N) is 3. The quantitative estimate of drug-likeness (QED) is 0.833. The average Bonchev–Trinajstić information content (AvgIpc) is 3.10. The van der Waals surface area contributed by atoms with Crippen LogP contribution in [0.25, 0.3) is 5.82 Å². The second-order valence-electron chi connectivity index (χ2n) is 7.04. The van der Waals surface area contributed by atoms with Gasteiger partial charge in [0, 0.05) is 36.2 Å². The van der Waals surface area contributed by atoms with Crippen LogP contribution in [0.5, 0.6) is 0 Å². The number of amides is 1. The summed E-state index contributed by atoms with van der Waals surface area (Å²) < 4.78 is 1.66. The lowest BCUT2D eigenvalue weighted by atomic mass is 9.67. The molecular formula is C18H25Cl2N5O. The molecule has 0 saturated heterocycles. The van der Waals surface area contributed by atoms with E-state index in [-0.39, 0.29) is 36.8 Å². The van der Waals surface area contributed by atoms with Crippen LogP contribution in [0.4, 0.5) is 0 Å². The Labute approximate surface area is 165 Å². The van der Waals surface area contributed by atoms with Crippen molar-refractivity contribution in [3.8, 4) is 5.82 Å². The van der Waals surface area contributed by atoms with E-state index in [0.29, 0.717) is 29.3 Å². The largest absolute Gasteiger partial charge is 0.349 e. The number of rotatable bonds is 3. The summed E-state index contributed by atoms with van der Waals surface area (Å²) in [4.78, 5) is 17.0. The fourth-order valence-corrected chi connectivity index (χ4v) is 4.35. The molecule has 2 aliphatic carbocycles. The van der Waals surface area contributed by atoms with E-state index in [0.717, 1.165) is 12.8 Å². The number of carbonyl (C=O) groups is 1. The maximum atomic E-state index is 12.7. The van der Waals surface area contributed by atoms with Crippen molar-refractivity contribution in [2.45, 2.75) is 44.2 Å². The summed E-state index contributed by atoms with van der Waals surface area (Å²) in [5, 5.41) is 7.44. The molecule has 1 amide bonds. The summed E-state index contributed by atoms with van der Waals surface area (Å²) in [5.41, 5.74) is 6.80. The number of nitrogens with one attached hydrogen (secondary N) is 1. The van der Waals surface area contributed by atoms with E-state index < -0.39 is 0 Å². The number of fused-ring (bicyclic) bond motifs is 2. The summed E-state index contributed by atoms with van der Waals surface area (Å²) in [7, 11) is 0. The molecule has 2 unspecified atom stereocenters. The van der Waals surface area contributed by atoms with Crippen LogP contribution in [0, 0.1) is 11.8 Å². The van der Waals surface area contributed by atoms with Gasteiger partial charge in [-0.3, -0.25) is 4.79 Å². The van der Waals surface area contributed by atoms with E-state index in [1.807, 2.05) is 12.3 Å². The van der Waals surface area contributed by atoms with Crippen molar-refractivity contribution in [1.29, 1.82) is 0 Å². The molecule has 26 heavy (non-hydrogen) atoms. The maximum Gasteiger partial charge on any atom is 0.251 e. The van der Waals surface area contributed by atoms with E-state index >= 15 is 0 Å². The number of halogens is 2. The summed E-state index contributed by atoms with van der Waals surface area (Å²) in [6, 6.07) is 5.92. The Bertz CT molecular complexity index is 710. The molecule has 2 aromatic rings. The van der Waals surface area contributed by atoms with E-state index in [4.69, 9.17) is 5.73 Å². The Morgan fingerprint density at radius 2 is 1.92 bits per heavy atom. The lowest BCUT2D eigenvalue weighted by Gasteiger charge is -2.45. The van der Waals surface area contributed by atoms with Gasteiger partial charge >= 0.3 is 0 Å². The van der Waals surface area contributed by atoms with Crippen LogP contribution in [0.2, 0.25) is 0 Å². The molecule has 2 heterocycles. The normalized spacial score (nSPS) is 27.0. The minimum atomic E-state index is -0.0248. The highest BCUT2D eigenvalue weighted by Crippen LogP contribution is 2.39. The van der Waals surface area contributed by atoms with Gasteiger partial charge in [0.25, 0.3) is 5.91 Å². The van der Waals surface area contributed by atoms with Gasteiger partial charge in [-0.25, -0.2) is 9.67 Å². The summed E-state index contributed by atoms with van der Waals surface area (Å²) >= 11 is 0. The SMILES string of the molecule is Cl.Cl.NC1CC2CCCC(C1)C2NC(=O)c1ccnc(-n2cccn2)c1. The average molecular weight is 398 g/mol. The lowest BCUT2D eigenvalue weighted by Crippen LogP contribution is -2.53. The van der Waals surface area contributed by atoms with Crippen molar-refractivity contribution in [2.24, 2.45) is 17.6 Å². The Morgan fingerprint density at radius 1 is 1.19 bits per heavy atom. The zero-order valence-corrected chi connectivity index (χ0v) is 16.1. The van der Waals surface area contributed by atoms with Crippen LogP contribution in [0.1, 0.15) is 42.5 Å². The molecule has 2 bridgehead atoms. The van der Waals surface area contributed by atoms with Gasteiger partial charge in [0.15, 0.2) is 5.82 Å². The second-order valence-corrected chi connectivity index (χ2v) is 7.04. The summed E-state index contributed by atoms with van der Waals surface area (Å²) in [6.07, 6.45) is 10.8. The lowest BCUT2D eigenvalue weighted by molar-refractivity contribution is 0.0756. The molecule has 0 aliphatic heterocycles. The van der Waals surface area contributed by atoms with Crippen molar-refractivity contribution in [2.75, 3.05) is 0 Å². The van der Waals surface area contributed by atoms with Crippen molar-refractivity contribution in [3.05, 3.63) is 42.4 Å². The van der Waals surface area contributed by atoms with E-state index in [1.165, 1.54) is 19.3 Å². The van der Waals surface area contributed by atoms with Crippen LogP contribution in [0.3, 0.4) is 0 Å². The number of nitrogens with two attached hydrogens (primary N) is 1. The number of carbonyl (C=O) groups excluding carboxylic acids is 1. The Kier molecular flexibility index (Phi) is 7.03. The number of aromatic nitrogens is 3. The van der Waals surface area contributed by atoms with Crippen LogP contribution < -0.4 is 11.1 Å². The van der Waals surface area contributed by atoms with Gasteiger partial charge in [0.2, 0.25) is 0 Å². The monoisotopic (exact) mass is 397 g/mol. The zero-order valence-electron chi connectivity index (χ0n) is 14.5. The van der Waals surface area contributed by atoms with E-state index in [1.54, 1.807) is 29.2 Å². The molecule has 142 valence electrons. The first-order chi connectivity index (χ1) is 11.7. The highest BCUT2D eigenvalue weighted by molar-refractivity contribution is 5.94. The minimum Gasteiger partial charge on any atom is -0.349 e. The fraction of sp³-hybridized carbons (Fsp3) is 0.500. The smallest absolute Gasteiger partial charge is 0.251 e. The van der Waals surface area contributed by atoms with E-state index in [9.17, 15) is 4.79 Å². The van der Waals surface area contributed by atoms with Crippen LogP contribution >= 0.6 is 24.8 Å². The molecule has 2 aromatic heterocycles. The Morgan fingerprint density at radius 3 is 2.58 bits per heavy atom. The summed E-state index contributed by atoms with van der Waals surface area (Å²) in [5.74, 6) is 1.66. The molecule has 0 spiro atoms. The van der Waals surface area contributed by atoms with Crippen LogP contribution in [0.15, 0.2) is 36.8 Å². The van der Waals surface area contributed by atoms with Gasteiger partial charge in [-0.1, -0.05) is 6.42 Å². The first-order valence-corrected chi connectivity index (χ1v) is 8.73. The molecule has 4 rings (SSSR count). The minimum absolute atomic E-state index is 0. The third kappa shape index (κ3) is 4.19. The summed E-state index contributed by atoms with van der Waals surface area (Å²) in [6.45, 7) is 0. The van der Waals surface area contributed by atoms with Gasteiger partial charge in [0.05, 0.1) is 0 Å². The van der Waals surface area contributed by atoms with Crippen molar-refractivity contribution in [1.82, 2.24) is 20.1 Å². The Hall–Kier alpha value is -1.63. The van der Waals surface area contributed by atoms with Gasteiger partial charge in [-0.15, -0.1) is 24.8 Å². The van der Waals surface area contributed by atoms with Gasteiger partial charge in [-0.05, 0) is 55.7 Å². The van der Waals surface area contributed by atoms with E-state index in [2.05, 4.69) is 15.4 Å². The van der Waals surface area contributed by atoms with Crippen LogP contribution in [-0.2, 0) is 0 Å². The molecule has 2 saturated carbocycles. The van der Waals surface area contributed by atoms with Crippen LogP contribution in [-0.4, -0.2) is 32.8 Å². The van der Waals surface area contributed by atoms with Gasteiger partial charge < -0.3 is 11.1 Å². The molecule has 0 aromatic carbocycles. The van der Waals surface area contributed by atoms with Crippen molar-refractivity contribution >= 4 is 30.7 Å². The van der Waals surface area contributed by atoms with Crippen molar-refractivity contribution < 1.29 is 4.79 Å².